The van der Waals surface area contributed by atoms with E-state index in [-0.39, 0.29) is 28.7 Å². The number of thiazole rings is 1. The van der Waals surface area contributed by atoms with Crippen molar-refractivity contribution < 1.29 is 4.74 Å². The fourth-order valence-corrected chi connectivity index (χ4v) is 4.58. The fraction of sp³-hybridized carbons (Fsp3) is 0.750. The lowest BCUT2D eigenvalue weighted by Crippen LogP contribution is -2.48. The van der Waals surface area contributed by atoms with Crippen molar-refractivity contribution in [3.05, 3.63) is 16.1 Å². The minimum absolute atomic E-state index is 0. The lowest BCUT2D eigenvalue weighted by Gasteiger charge is -2.37. The van der Waals surface area contributed by atoms with E-state index in [4.69, 9.17) is 4.74 Å². The highest BCUT2D eigenvalue weighted by Crippen LogP contribution is 2.34. The van der Waals surface area contributed by atoms with Crippen LogP contribution in [-0.4, -0.2) is 47.7 Å². The standard InChI is InChI=1S/C16H28N4OS2.HI/c1-4-17-15(19-11-14-18-10-13(3)23-14)20-12-16(22-5-2)6-8-21-9-7-16;/h10H,4-9,11-12H2,1-3H3,(H2,17,19,20);1H. The number of aryl methyl sites for hydroxylation is 1. The van der Waals surface area contributed by atoms with Crippen LogP contribution >= 0.6 is 47.1 Å². The molecule has 24 heavy (non-hydrogen) atoms. The predicted octanol–water partition coefficient (Wildman–Crippen LogP) is 3.43. The van der Waals surface area contributed by atoms with Gasteiger partial charge in [0.05, 0.1) is 6.54 Å². The molecule has 5 nitrogen and oxygen atoms in total. The molecule has 0 amide bonds. The Hall–Kier alpha value is -0.0600. The highest BCUT2D eigenvalue weighted by atomic mass is 127. The number of hydrogen-bond donors (Lipinski definition) is 2. The SMILES string of the molecule is CCNC(=NCc1ncc(C)s1)NCC1(SCC)CCOCC1.I. The quantitative estimate of drug-likeness (QED) is 0.353. The van der Waals surface area contributed by atoms with Crippen molar-refractivity contribution in [2.75, 3.05) is 32.1 Å². The van der Waals surface area contributed by atoms with Gasteiger partial charge in [-0.2, -0.15) is 11.8 Å². The smallest absolute Gasteiger partial charge is 0.191 e. The molecule has 0 unspecified atom stereocenters. The number of guanidine groups is 1. The molecule has 1 aliphatic rings. The molecule has 0 radical (unpaired) electrons. The summed E-state index contributed by atoms with van der Waals surface area (Å²) >= 11 is 3.75. The second kappa shape index (κ2) is 11.5. The van der Waals surface area contributed by atoms with Crippen LogP contribution in [0.4, 0.5) is 0 Å². The van der Waals surface area contributed by atoms with E-state index < -0.39 is 0 Å². The third-order valence-electron chi connectivity index (χ3n) is 3.82. The maximum Gasteiger partial charge on any atom is 0.191 e. The summed E-state index contributed by atoms with van der Waals surface area (Å²) < 4.78 is 5.80. The zero-order valence-corrected chi connectivity index (χ0v) is 18.7. The summed E-state index contributed by atoms with van der Waals surface area (Å²) in [5.41, 5.74) is 0. The number of nitrogens with zero attached hydrogens (tertiary/aromatic N) is 2. The highest BCUT2D eigenvalue weighted by Gasteiger charge is 2.32. The van der Waals surface area contributed by atoms with Crippen molar-refractivity contribution in [3.63, 3.8) is 0 Å². The molecule has 0 spiro atoms. The van der Waals surface area contributed by atoms with Crippen LogP contribution in [0.15, 0.2) is 11.2 Å². The van der Waals surface area contributed by atoms with Crippen LogP contribution in [-0.2, 0) is 11.3 Å². The number of halogens is 1. The predicted molar refractivity (Wildman–Crippen MR) is 116 cm³/mol. The maximum atomic E-state index is 5.54. The Labute approximate surface area is 170 Å². The van der Waals surface area contributed by atoms with Crippen molar-refractivity contribution in [1.29, 1.82) is 0 Å². The highest BCUT2D eigenvalue weighted by molar-refractivity contribution is 14.0. The average molecular weight is 484 g/mol. The van der Waals surface area contributed by atoms with E-state index >= 15 is 0 Å². The van der Waals surface area contributed by atoms with Crippen LogP contribution in [0.1, 0.15) is 36.6 Å². The van der Waals surface area contributed by atoms with Crippen LogP contribution in [0, 0.1) is 6.92 Å². The fourth-order valence-electron chi connectivity index (χ4n) is 2.63. The number of rotatable bonds is 7. The molecule has 1 aromatic rings. The number of hydrogen-bond acceptors (Lipinski definition) is 5. The van der Waals surface area contributed by atoms with E-state index in [1.54, 1.807) is 11.3 Å². The zero-order chi connectivity index (χ0) is 16.5. The molecule has 1 fully saturated rings. The van der Waals surface area contributed by atoms with Gasteiger partial charge in [0.15, 0.2) is 5.96 Å². The summed E-state index contributed by atoms with van der Waals surface area (Å²) in [5, 5.41) is 7.92. The Kier molecular flexibility index (Phi) is 10.6. The molecule has 1 saturated heterocycles. The Bertz CT molecular complexity index is 499. The molecule has 138 valence electrons. The average Bonchev–Trinajstić information content (AvgIpc) is 2.97. The number of nitrogens with one attached hydrogen (secondary N) is 2. The van der Waals surface area contributed by atoms with Crippen molar-refractivity contribution in [2.24, 2.45) is 4.99 Å². The topological polar surface area (TPSA) is 58.5 Å². The van der Waals surface area contributed by atoms with Crippen LogP contribution < -0.4 is 10.6 Å². The second-order valence-electron chi connectivity index (χ2n) is 5.64. The Morgan fingerprint density at radius 2 is 2.12 bits per heavy atom. The number of ether oxygens (including phenoxy) is 1. The van der Waals surface area contributed by atoms with Crippen LogP contribution in [0.25, 0.3) is 0 Å². The summed E-state index contributed by atoms with van der Waals surface area (Å²) in [7, 11) is 0. The van der Waals surface area contributed by atoms with Gasteiger partial charge in [-0.15, -0.1) is 35.3 Å². The molecule has 0 atom stereocenters. The summed E-state index contributed by atoms with van der Waals surface area (Å²) in [4.78, 5) is 10.3. The van der Waals surface area contributed by atoms with E-state index in [1.165, 1.54) is 4.88 Å². The zero-order valence-electron chi connectivity index (χ0n) is 14.8. The molecule has 0 bridgehead atoms. The Morgan fingerprint density at radius 3 is 2.71 bits per heavy atom. The van der Waals surface area contributed by atoms with Crippen molar-refractivity contribution in [1.82, 2.24) is 15.6 Å². The summed E-state index contributed by atoms with van der Waals surface area (Å²) in [5.74, 6) is 2.01. The van der Waals surface area contributed by atoms with Gasteiger partial charge in [0, 0.05) is 42.1 Å². The molecule has 0 aromatic carbocycles. The van der Waals surface area contributed by atoms with Gasteiger partial charge >= 0.3 is 0 Å². The minimum atomic E-state index is 0. The van der Waals surface area contributed by atoms with Crippen LogP contribution in [0.2, 0.25) is 0 Å². The lowest BCUT2D eigenvalue weighted by atomic mass is 9.99. The van der Waals surface area contributed by atoms with Crippen LogP contribution in [0.5, 0.6) is 0 Å². The van der Waals surface area contributed by atoms with Gasteiger partial charge in [0.2, 0.25) is 0 Å². The molecule has 1 aliphatic heterocycles. The summed E-state index contributed by atoms with van der Waals surface area (Å²) in [6.07, 6.45) is 4.11. The van der Waals surface area contributed by atoms with Gasteiger partial charge < -0.3 is 15.4 Å². The normalized spacial score (nSPS) is 17.2. The van der Waals surface area contributed by atoms with Crippen molar-refractivity contribution >= 4 is 53.0 Å². The molecule has 0 saturated carbocycles. The van der Waals surface area contributed by atoms with Crippen molar-refractivity contribution in [3.8, 4) is 0 Å². The first-order valence-corrected chi connectivity index (χ1v) is 10.1. The van der Waals surface area contributed by atoms with Gasteiger partial charge in [0.25, 0.3) is 0 Å². The lowest BCUT2D eigenvalue weighted by molar-refractivity contribution is 0.0782. The van der Waals surface area contributed by atoms with E-state index in [2.05, 4.69) is 41.4 Å². The van der Waals surface area contributed by atoms with E-state index in [0.29, 0.717) is 6.54 Å². The van der Waals surface area contributed by atoms with Gasteiger partial charge in [-0.3, -0.25) is 0 Å². The second-order valence-corrected chi connectivity index (χ2v) is 8.69. The van der Waals surface area contributed by atoms with Gasteiger partial charge in [0.1, 0.15) is 5.01 Å². The first-order valence-electron chi connectivity index (χ1n) is 8.32. The van der Waals surface area contributed by atoms with E-state index in [9.17, 15) is 0 Å². The minimum Gasteiger partial charge on any atom is -0.381 e. The number of aliphatic imine (C=N–C) groups is 1. The Balaban J connectivity index is 0.00000288. The molecular weight excluding hydrogens is 455 g/mol. The molecule has 0 aliphatic carbocycles. The summed E-state index contributed by atoms with van der Waals surface area (Å²) in [6, 6.07) is 0. The molecule has 2 rings (SSSR count). The van der Waals surface area contributed by atoms with Gasteiger partial charge in [-0.05, 0) is 32.4 Å². The van der Waals surface area contributed by atoms with Gasteiger partial charge in [-0.1, -0.05) is 6.92 Å². The summed E-state index contributed by atoms with van der Waals surface area (Å²) in [6.45, 7) is 10.5. The van der Waals surface area contributed by atoms with Crippen LogP contribution in [0.3, 0.4) is 0 Å². The van der Waals surface area contributed by atoms with E-state index in [0.717, 1.165) is 55.9 Å². The molecule has 1 aromatic heterocycles. The van der Waals surface area contributed by atoms with Gasteiger partial charge in [-0.25, -0.2) is 9.98 Å². The molecule has 8 heteroatoms. The van der Waals surface area contributed by atoms with E-state index in [1.807, 2.05) is 18.0 Å². The third kappa shape index (κ3) is 7.05. The Morgan fingerprint density at radius 1 is 1.38 bits per heavy atom. The molecule has 2 heterocycles. The monoisotopic (exact) mass is 484 g/mol. The maximum absolute atomic E-state index is 5.54. The first kappa shape index (κ1) is 22.0. The molecule has 2 N–H and O–H groups in total. The largest absolute Gasteiger partial charge is 0.381 e. The first-order chi connectivity index (χ1) is 11.2. The van der Waals surface area contributed by atoms with Crippen molar-refractivity contribution in [2.45, 2.75) is 44.9 Å². The number of aromatic nitrogens is 1. The third-order valence-corrected chi connectivity index (χ3v) is 6.17. The number of thioether (sulfide) groups is 1. The molecular formula is C16H29IN4OS2.